The first kappa shape index (κ1) is 21.3. The van der Waals surface area contributed by atoms with Crippen LogP contribution in [0.25, 0.3) is 0 Å². The summed E-state index contributed by atoms with van der Waals surface area (Å²) in [5.74, 6) is 0.474. The van der Waals surface area contributed by atoms with Crippen molar-refractivity contribution < 1.29 is 17.5 Å². The van der Waals surface area contributed by atoms with Crippen LogP contribution < -0.4 is 15.8 Å². The summed E-state index contributed by atoms with van der Waals surface area (Å²) in [4.78, 5) is 8.82. The standard InChI is InChI=1S/C18H22FN5O3S2/c1-27-15-4-3-11(19)9-13(15)16(28)14-10-21-18(23-17(14)20)22-12-5-7-24(8-6-12)29(2,25)26/h3-4,9-10,12H,5-8H2,1-2H3,(H3,20,21,22,23). The van der Waals surface area contributed by atoms with Gasteiger partial charge in [0.2, 0.25) is 16.0 Å². The Morgan fingerprint density at radius 2 is 2.03 bits per heavy atom. The fourth-order valence-corrected chi connectivity index (χ4v) is 4.35. The maximum atomic E-state index is 13.7. The lowest BCUT2D eigenvalue weighted by Gasteiger charge is -2.30. The van der Waals surface area contributed by atoms with Gasteiger partial charge in [0.25, 0.3) is 0 Å². The summed E-state index contributed by atoms with van der Waals surface area (Å²) in [6, 6.07) is 4.09. The van der Waals surface area contributed by atoms with Crippen LogP contribution >= 0.6 is 12.2 Å². The second kappa shape index (κ2) is 8.56. The SMILES string of the molecule is COc1ccc(F)cc1C(=S)c1cnc(NC2CCN(S(C)(=O)=O)CC2)nc1N. The Hall–Kier alpha value is -2.37. The van der Waals surface area contributed by atoms with E-state index in [1.807, 2.05) is 0 Å². The first-order valence-electron chi connectivity index (χ1n) is 8.91. The van der Waals surface area contributed by atoms with Gasteiger partial charge in [-0.2, -0.15) is 4.98 Å². The lowest BCUT2D eigenvalue weighted by Crippen LogP contribution is -2.42. The van der Waals surface area contributed by atoms with Crippen LogP contribution in [0.4, 0.5) is 16.2 Å². The zero-order valence-corrected chi connectivity index (χ0v) is 17.7. The van der Waals surface area contributed by atoms with E-state index in [1.165, 1.54) is 42.1 Å². The summed E-state index contributed by atoms with van der Waals surface area (Å²) in [6.45, 7) is 0.876. The Kier molecular flexibility index (Phi) is 6.30. The van der Waals surface area contributed by atoms with Crippen LogP contribution in [0.1, 0.15) is 24.0 Å². The van der Waals surface area contributed by atoms with Crippen molar-refractivity contribution >= 4 is 38.9 Å². The minimum Gasteiger partial charge on any atom is -0.496 e. The molecule has 156 valence electrons. The number of rotatable bonds is 6. The number of nitrogen functional groups attached to an aromatic ring is 1. The summed E-state index contributed by atoms with van der Waals surface area (Å²) >= 11 is 5.45. The van der Waals surface area contributed by atoms with Crippen LogP contribution in [0.3, 0.4) is 0 Å². The molecule has 1 aliphatic rings. The number of nitrogens with one attached hydrogen (secondary N) is 1. The average molecular weight is 440 g/mol. The molecule has 0 unspecified atom stereocenters. The summed E-state index contributed by atoms with van der Waals surface area (Å²) < 4.78 is 43.6. The molecular formula is C18H22FN5O3S2. The number of thiocarbonyl (C=S) groups is 1. The molecule has 0 aliphatic carbocycles. The number of halogens is 1. The lowest BCUT2D eigenvalue weighted by molar-refractivity contribution is 0.331. The number of anilines is 2. The smallest absolute Gasteiger partial charge is 0.224 e. The Morgan fingerprint density at radius 1 is 1.34 bits per heavy atom. The molecule has 3 rings (SSSR count). The van der Waals surface area contributed by atoms with Crippen molar-refractivity contribution in [3.63, 3.8) is 0 Å². The minimum atomic E-state index is -3.18. The molecule has 0 amide bonds. The van der Waals surface area contributed by atoms with E-state index >= 15 is 0 Å². The molecule has 1 aromatic carbocycles. The summed E-state index contributed by atoms with van der Waals surface area (Å²) in [6.07, 6.45) is 3.97. The highest BCUT2D eigenvalue weighted by atomic mass is 32.2. The number of aromatic nitrogens is 2. The molecule has 2 aromatic rings. The molecule has 0 atom stereocenters. The monoisotopic (exact) mass is 439 g/mol. The third kappa shape index (κ3) is 4.98. The summed E-state index contributed by atoms with van der Waals surface area (Å²) in [7, 11) is -1.70. The van der Waals surface area contributed by atoms with Gasteiger partial charge in [0.15, 0.2) is 0 Å². The van der Waals surface area contributed by atoms with E-state index in [2.05, 4.69) is 15.3 Å². The number of sulfonamides is 1. The number of piperidine rings is 1. The van der Waals surface area contributed by atoms with Crippen LogP contribution in [0.5, 0.6) is 5.75 Å². The number of nitrogens with zero attached hydrogens (tertiary/aromatic N) is 3. The van der Waals surface area contributed by atoms with Crippen molar-refractivity contribution in [2.45, 2.75) is 18.9 Å². The van der Waals surface area contributed by atoms with E-state index in [0.29, 0.717) is 48.8 Å². The number of methoxy groups -OCH3 is 1. The van der Waals surface area contributed by atoms with Crippen LogP contribution in [0.2, 0.25) is 0 Å². The molecular weight excluding hydrogens is 417 g/mol. The predicted molar refractivity (Wildman–Crippen MR) is 113 cm³/mol. The average Bonchev–Trinajstić information content (AvgIpc) is 2.67. The van der Waals surface area contributed by atoms with Crippen molar-refractivity contribution in [2.24, 2.45) is 0 Å². The lowest BCUT2D eigenvalue weighted by atomic mass is 10.1. The maximum Gasteiger partial charge on any atom is 0.224 e. The van der Waals surface area contributed by atoms with E-state index in [-0.39, 0.29) is 16.7 Å². The number of hydrogen-bond acceptors (Lipinski definition) is 8. The molecule has 1 aromatic heterocycles. The quantitative estimate of drug-likeness (QED) is 0.518. The zero-order chi connectivity index (χ0) is 21.2. The Morgan fingerprint density at radius 3 is 2.62 bits per heavy atom. The van der Waals surface area contributed by atoms with E-state index in [9.17, 15) is 12.8 Å². The van der Waals surface area contributed by atoms with Gasteiger partial charge in [-0.05, 0) is 31.0 Å². The zero-order valence-electron chi connectivity index (χ0n) is 16.1. The summed E-state index contributed by atoms with van der Waals surface area (Å²) in [5.41, 5.74) is 6.87. The molecule has 1 aliphatic heterocycles. The number of ether oxygens (including phenoxy) is 1. The minimum absolute atomic E-state index is 0.0357. The molecule has 1 fully saturated rings. The van der Waals surface area contributed by atoms with E-state index in [0.717, 1.165) is 0 Å². The van der Waals surface area contributed by atoms with Crippen molar-refractivity contribution in [3.8, 4) is 5.75 Å². The van der Waals surface area contributed by atoms with Gasteiger partial charge in [0.05, 0.1) is 23.8 Å². The van der Waals surface area contributed by atoms with E-state index < -0.39 is 15.8 Å². The van der Waals surface area contributed by atoms with Crippen LogP contribution in [0, 0.1) is 5.82 Å². The first-order chi connectivity index (χ1) is 13.7. The van der Waals surface area contributed by atoms with Gasteiger partial charge < -0.3 is 15.8 Å². The molecule has 1 saturated heterocycles. The largest absolute Gasteiger partial charge is 0.496 e. The molecule has 0 spiro atoms. The second-order valence-electron chi connectivity index (χ2n) is 6.75. The van der Waals surface area contributed by atoms with Crippen molar-refractivity contribution in [1.82, 2.24) is 14.3 Å². The van der Waals surface area contributed by atoms with Gasteiger partial charge in [0, 0.05) is 30.9 Å². The highest BCUT2D eigenvalue weighted by Gasteiger charge is 2.25. The highest BCUT2D eigenvalue weighted by molar-refractivity contribution is 7.88. The van der Waals surface area contributed by atoms with Crippen LogP contribution in [-0.4, -0.2) is 60.1 Å². The fraction of sp³-hybridized carbons (Fsp3) is 0.389. The van der Waals surface area contributed by atoms with Crippen molar-refractivity contribution in [3.05, 3.63) is 41.3 Å². The highest BCUT2D eigenvalue weighted by Crippen LogP contribution is 2.26. The molecule has 0 saturated carbocycles. The van der Waals surface area contributed by atoms with Gasteiger partial charge in [-0.15, -0.1) is 0 Å². The molecule has 0 bridgehead atoms. The second-order valence-corrected chi connectivity index (χ2v) is 9.14. The molecule has 0 radical (unpaired) electrons. The van der Waals surface area contributed by atoms with Gasteiger partial charge in [-0.1, -0.05) is 12.2 Å². The third-order valence-electron chi connectivity index (χ3n) is 4.73. The van der Waals surface area contributed by atoms with Gasteiger partial charge >= 0.3 is 0 Å². The van der Waals surface area contributed by atoms with Gasteiger partial charge in [-0.3, -0.25) is 0 Å². The number of hydrogen-bond donors (Lipinski definition) is 2. The van der Waals surface area contributed by atoms with Crippen LogP contribution in [0.15, 0.2) is 24.4 Å². The number of benzene rings is 1. The number of nitrogens with two attached hydrogens (primary N) is 1. The fourth-order valence-electron chi connectivity index (χ4n) is 3.16. The molecule has 29 heavy (non-hydrogen) atoms. The van der Waals surface area contributed by atoms with Crippen molar-refractivity contribution in [1.29, 1.82) is 0 Å². The van der Waals surface area contributed by atoms with Gasteiger partial charge in [0.1, 0.15) is 17.4 Å². The topological polar surface area (TPSA) is 110 Å². The Bertz CT molecular complexity index is 1020. The Labute approximate surface area is 174 Å². The Balaban J connectivity index is 1.73. The normalized spacial score (nSPS) is 15.8. The van der Waals surface area contributed by atoms with Crippen molar-refractivity contribution in [2.75, 3.05) is 37.5 Å². The molecule has 2 heterocycles. The molecule has 3 N–H and O–H groups in total. The van der Waals surface area contributed by atoms with E-state index in [1.54, 1.807) is 0 Å². The summed E-state index contributed by atoms with van der Waals surface area (Å²) in [5, 5.41) is 3.18. The van der Waals surface area contributed by atoms with E-state index in [4.69, 9.17) is 22.7 Å². The third-order valence-corrected chi connectivity index (χ3v) is 6.47. The molecule has 11 heteroatoms. The van der Waals surface area contributed by atoms with Gasteiger partial charge in [-0.25, -0.2) is 22.1 Å². The van der Waals surface area contributed by atoms with Crippen LogP contribution in [-0.2, 0) is 10.0 Å². The maximum absolute atomic E-state index is 13.7. The first-order valence-corrected chi connectivity index (χ1v) is 11.2. The predicted octanol–water partition coefficient (Wildman–Crippen LogP) is 1.81. The molecule has 8 nitrogen and oxygen atoms in total.